The van der Waals surface area contributed by atoms with E-state index in [1.54, 1.807) is 17.5 Å². The Morgan fingerprint density at radius 2 is 1.61 bits per heavy atom. The molecule has 1 N–H and O–H groups in total. The van der Waals surface area contributed by atoms with Crippen LogP contribution in [0, 0.1) is 6.92 Å². The van der Waals surface area contributed by atoms with Crippen molar-refractivity contribution < 1.29 is 0 Å². The summed E-state index contributed by atoms with van der Waals surface area (Å²) in [6.07, 6.45) is 1.76. The number of nitrogens with zero attached hydrogens (tertiary/aromatic N) is 6. The van der Waals surface area contributed by atoms with Gasteiger partial charge in [-0.15, -0.1) is 21.5 Å². The average molecular weight is 490 g/mol. The highest BCUT2D eigenvalue weighted by molar-refractivity contribution is 7.17. The minimum absolute atomic E-state index is 0.268. The van der Waals surface area contributed by atoms with Gasteiger partial charge in [-0.25, -0.2) is 9.97 Å². The van der Waals surface area contributed by atoms with Crippen LogP contribution in [0.2, 0.25) is 0 Å². The Morgan fingerprint density at radius 3 is 2.31 bits per heavy atom. The SMILES string of the molecule is Cc1nnc([C@@H](Nc2nc(-c3ccccn3)nc3scc(-c4ccccc4)c23)c2ccccc2)n1C. The average Bonchev–Trinajstić information content (AvgIpc) is 3.52. The highest BCUT2D eigenvalue weighted by Gasteiger charge is 2.24. The molecule has 7 nitrogen and oxygen atoms in total. The van der Waals surface area contributed by atoms with E-state index in [9.17, 15) is 0 Å². The number of benzene rings is 2. The van der Waals surface area contributed by atoms with Crippen molar-refractivity contribution in [3.63, 3.8) is 0 Å². The molecule has 0 aliphatic heterocycles. The van der Waals surface area contributed by atoms with Gasteiger partial charge in [0.1, 0.15) is 28.2 Å². The van der Waals surface area contributed by atoms with Gasteiger partial charge in [-0.3, -0.25) is 4.98 Å². The van der Waals surface area contributed by atoms with E-state index in [0.29, 0.717) is 5.82 Å². The van der Waals surface area contributed by atoms with Crippen LogP contribution in [0.3, 0.4) is 0 Å². The van der Waals surface area contributed by atoms with Gasteiger partial charge in [0.25, 0.3) is 0 Å². The maximum absolute atomic E-state index is 5.02. The molecule has 0 aliphatic carbocycles. The van der Waals surface area contributed by atoms with E-state index >= 15 is 0 Å². The summed E-state index contributed by atoms with van der Waals surface area (Å²) in [6, 6.07) is 26.1. The van der Waals surface area contributed by atoms with E-state index in [2.05, 4.69) is 50.1 Å². The van der Waals surface area contributed by atoms with Crippen LogP contribution in [0.25, 0.3) is 32.9 Å². The number of anilines is 1. The second-order valence-corrected chi connectivity index (χ2v) is 9.32. The van der Waals surface area contributed by atoms with E-state index in [4.69, 9.17) is 9.97 Å². The van der Waals surface area contributed by atoms with Gasteiger partial charge in [-0.1, -0.05) is 66.7 Å². The van der Waals surface area contributed by atoms with E-state index in [0.717, 1.165) is 50.1 Å². The van der Waals surface area contributed by atoms with Crippen molar-refractivity contribution in [2.75, 3.05) is 5.32 Å². The second kappa shape index (κ2) is 9.31. The highest BCUT2D eigenvalue weighted by atomic mass is 32.1. The molecule has 0 bridgehead atoms. The first-order valence-electron chi connectivity index (χ1n) is 11.6. The first-order valence-corrected chi connectivity index (χ1v) is 12.5. The van der Waals surface area contributed by atoms with Crippen LogP contribution in [0.5, 0.6) is 0 Å². The van der Waals surface area contributed by atoms with E-state index in [-0.39, 0.29) is 6.04 Å². The molecule has 0 unspecified atom stereocenters. The lowest BCUT2D eigenvalue weighted by Gasteiger charge is -2.20. The molecule has 0 radical (unpaired) electrons. The molecule has 6 rings (SSSR count). The van der Waals surface area contributed by atoms with Crippen LogP contribution in [-0.4, -0.2) is 29.7 Å². The zero-order valence-electron chi connectivity index (χ0n) is 19.8. The van der Waals surface area contributed by atoms with Crippen molar-refractivity contribution in [2.45, 2.75) is 13.0 Å². The van der Waals surface area contributed by atoms with Crippen LogP contribution in [-0.2, 0) is 7.05 Å². The monoisotopic (exact) mass is 489 g/mol. The normalized spacial score (nSPS) is 12.1. The third kappa shape index (κ3) is 4.01. The number of rotatable bonds is 6. The Hall–Kier alpha value is -4.43. The Balaban J connectivity index is 1.57. The third-order valence-corrected chi connectivity index (χ3v) is 7.08. The Kier molecular flexibility index (Phi) is 5.71. The maximum Gasteiger partial charge on any atom is 0.181 e. The lowest BCUT2D eigenvalue weighted by molar-refractivity contribution is 0.732. The number of thiophene rings is 1. The molecule has 176 valence electrons. The van der Waals surface area contributed by atoms with Crippen LogP contribution in [0.4, 0.5) is 5.82 Å². The summed E-state index contributed by atoms with van der Waals surface area (Å²) in [5.74, 6) is 2.96. The van der Waals surface area contributed by atoms with Gasteiger partial charge in [0.15, 0.2) is 11.6 Å². The molecule has 1 atom stereocenters. The quantitative estimate of drug-likeness (QED) is 0.306. The minimum Gasteiger partial charge on any atom is -0.355 e. The molecular formula is C28H23N7S. The zero-order chi connectivity index (χ0) is 24.5. The second-order valence-electron chi connectivity index (χ2n) is 8.46. The molecule has 8 heteroatoms. The number of hydrogen-bond acceptors (Lipinski definition) is 7. The van der Waals surface area contributed by atoms with Crippen LogP contribution in [0.1, 0.15) is 23.3 Å². The van der Waals surface area contributed by atoms with Gasteiger partial charge in [0.2, 0.25) is 0 Å². The molecule has 6 aromatic rings. The van der Waals surface area contributed by atoms with Crippen molar-refractivity contribution in [1.29, 1.82) is 0 Å². The number of aromatic nitrogens is 6. The standard InChI is InChI=1S/C28H23N7S/c1-18-33-34-27(35(18)2)24(20-13-7-4-8-14-20)30-26-23-21(19-11-5-3-6-12-19)17-36-28(23)32-25(31-26)22-15-9-10-16-29-22/h3-17,24H,1-2H3,(H,30,31,32)/t24-/m0/s1. The molecule has 2 aromatic carbocycles. The lowest BCUT2D eigenvalue weighted by atomic mass is 10.0. The Morgan fingerprint density at radius 1 is 0.861 bits per heavy atom. The van der Waals surface area contributed by atoms with Crippen LogP contribution in [0.15, 0.2) is 90.4 Å². The number of hydrogen-bond donors (Lipinski definition) is 1. The minimum atomic E-state index is -0.268. The topological polar surface area (TPSA) is 81.4 Å². The summed E-state index contributed by atoms with van der Waals surface area (Å²) in [5.41, 5.74) is 4.00. The van der Waals surface area contributed by atoms with E-state index in [1.807, 2.05) is 73.1 Å². The molecule has 4 aromatic heterocycles. The number of aryl methyl sites for hydroxylation is 1. The zero-order valence-corrected chi connectivity index (χ0v) is 20.6. The number of fused-ring (bicyclic) bond motifs is 1. The predicted molar refractivity (Wildman–Crippen MR) is 144 cm³/mol. The Bertz CT molecular complexity index is 1630. The van der Waals surface area contributed by atoms with Crippen molar-refractivity contribution in [3.8, 4) is 22.6 Å². The summed E-state index contributed by atoms with van der Waals surface area (Å²) in [4.78, 5) is 15.3. The van der Waals surface area contributed by atoms with Crippen LogP contribution >= 0.6 is 11.3 Å². The smallest absolute Gasteiger partial charge is 0.181 e. The van der Waals surface area contributed by atoms with Gasteiger partial charge >= 0.3 is 0 Å². The number of pyridine rings is 1. The summed E-state index contributed by atoms with van der Waals surface area (Å²) >= 11 is 1.61. The summed E-state index contributed by atoms with van der Waals surface area (Å²) in [7, 11) is 1.98. The fraction of sp³-hybridized carbons (Fsp3) is 0.107. The fourth-order valence-corrected chi connectivity index (χ4v) is 5.19. The molecule has 0 saturated carbocycles. The molecule has 0 amide bonds. The third-order valence-electron chi connectivity index (χ3n) is 6.21. The van der Waals surface area contributed by atoms with Crippen LogP contribution < -0.4 is 5.32 Å². The maximum atomic E-state index is 5.02. The largest absolute Gasteiger partial charge is 0.355 e. The summed E-state index contributed by atoms with van der Waals surface area (Å²) in [5, 5.41) is 15.7. The van der Waals surface area contributed by atoms with Gasteiger partial charge in [0, 0.05) is 24.2 Å². The molecular weight excluding hydrogens is 466 g/mol. The van der Waals surface area contributed by atoms with Gasteiger partial charge < -0.3 is 9.88 Å². The van der Waals surface area contributed by atoms with Crippen molar-refractivity contribution in [1.82, 2.24) is 29.7 Å². The van der Waals surface area contributed by atoms with Crippen molar-refractivity contribution in [2.24, 2.45) is 7.05 Å². The van der Waals surface area contributed by atoms with Gasteiger partial charge in [0.05, 0.1) is 5.39 Å². The fourth-order valence-electron chi connectivity index (χ4n) is 4.24. The lowest BCUT2D eigenvalue weighted by Crippen LogP contribution is -2.18. The Labute approximate surface area is 212 Å². The van der Waals surface area contributed by atoms with Crippen molar-refractivity contribution >= 4 is 27.4 Å². The van der Waals surface area contributed by atoms with Gasteiger partial charge in [-0.05, 0) is 30.2 Å². The van der Waals surface area contributed by atoms with Crippen molar-refractivity contribution in [3.05, 3.63) is 108 Å². The molecule has 0 aliphatic rings. The first-order chi connectivity index (χ1) is 17.7. The summed E-state index contributed by atoms with van der Waals surface area (Å²) < 4.78 is 2.01. The van der Waals surface area contributed by atoms with E-state index in [1.165, 1.54) is 0 Å². The predicted octanol–water partition coefficient (Wildman–Crippen LogP) is 6.06. The summed E-state index contributed by atoms with van der Waals surface area (Å²) in [6.45, 7) is 1.95. The molecule has 0 saturated heterocycles. The highest BCUT2D eigenvalue weighted by Crippen LogP contribution is 2.39. The molecule has 0 spiro atoms. The van der Waals surface area contributed by atoms with E-state index < -0.39 is 0 Å². The molecule has 4 heterocycles. The molecule has 0 fully saturated rings. The van der Waals surface area contributed by atoms with Gasteiger partial charge in [-0.2, -0.15) is 0 Å². The molecule has 36 heavy (non-hydrogen) atoms. The first kappa shape index (κ1) is 22.1. The number of nitrogens with one attached hydrogen (secondary N) is 1.